The molecular weight excluding hydrogens is 220 g/mol. The van der Waals surface area contributed by atoms with Gasteiger partial charge in [-0.2, -0.15) is 0 Å². The average Bonchev–Trinajstić information content (AvgIpc) is 2.53. The predicted molar refractivity (Wildman–Crippen MR) is 81.0 cm³/mol. The van der Waals surface area contributed by atoms with Gasteiger partial charge in [0.25, 0.3) is 0 Å². The Balaban J connectivity index is 2.21. The molecule has 18 heavy (non-hydrogen) atoms. The minimum Gasteiger partial charge on any atom is -0.311 e. The van der Waals surface area contributed by atoms with Crippen LogP contribution in [0.4, 0.5) is 0 Å². The van der Waals surface area contributed by atoms with Gasteiger partial charge in [0.2, 0.25) is 0 Å². The van der Waals surface area contributed by atoms with Crippen molar-refractivity contribution in [2.45, 2.75) is 78.3 Å². The van der Waals surface area contributed by atoms with Gasteiger partial charge in [0.05, 0.1) is 0 Å². The molecule has 2 heteroatoms. The molecular formula is C16H34N2. The Morgan fingerprint density at radius 1 is 1.11 bits per heavy atom. The van der Waals surface area contributed by atoms with Crippen LogP contribution in [0.3, 0.4) is 0 Å². The second kappa shape index (κ2) is 8.92. The van der Waals surface area contributed by atoms with E-state index >= 15 is 0 Å². The first-order valence-electron chi connectivity index (χ1n) is 8.10. The molecule has 0 aromatic heterocycles. The van der Waals surface area contributed by atoms with Crippen LogP contribution in [0.15, 0.2) is 0 Å². The lowest BCUT2D eigenvalue weighted by Crippen LogP contribution is -2.37. The highest BCUT2D eigenvalue weighted by Gasteiger charge is 2.17. The molecule has 0 aromatic carbocycles. The number of likely N-dealkylation sites (tertiary alicyclic amines) is 1. The fourth-order valence-electron chi connectivity index (χ4n) is 2.93. The number of nitrogens with zero attached hydrogens (tertiary/aromatic N) is 1. The molecule has 2 nitrogen and oxygen atoms in total. The normalized spacial score (nSPS) is 24.2. The quantitative estimate of drug-likeness (QED) is 0.746. The van der Waals surface area contributed by atoms with Gasteiger partial charge in [-0.25, -0.2) is 0 Å². The molecule has 0 aliphatic carbocycles. The molecule has 1 saturated heterocycles. The maximum Gasteiger partial charge on any atom is 0.00821 e. The van der Waals surface area contributed by atoms with Crippen molar-refractivity contribution in [1.29, 1.82) is 0 Å². The standard InChI is InChI=1S/C16H34N2/c1-5-11-18-12-6-7-16(10-13-18)17-15(4)9-8-14(2)3/h14-17H,5-13H2,1-4H3. The second-order valence-corrected chi connectivity index (χ2v) is 6.51. The third-order valence-electron chi connectivity index (χ3n) is 4.06. The summed E-state index contributed by atoms with van der Waals surface area (Å²) < 4.78 is 0. The Bertz CT molecular complexity index is 203. The highest BCUT2D eigenvalue weighted by Crippen LogP contribution is 2.14. The first-order chi connectivity index (χ1) is 8.61. The fraction of sp³-hybridized carbons (Fsp3) is 1.00. The summed E-state index contributed by atoms with van der Waals surface area (Å²) in [6, 6.07) is 1.45. The van der Waals surface area contributed by atoms with Crippen LogP contribution in [-0.4, -0.2) is 36.6 Å². The van der Waals surface area contributed by atoms with Crippen LogP contribution in [0.5, 0.6) is 0 Å². The van der Waals surface area contributed by atoms with E-state index in [2.05, 4.69) is 37.9 Å². The maximum atomic E-state index is 3.85. The average molecular weight is 254 g/mol. The van der Waals surface area contributed by atoms with Crippen molar-refractivity contribution >= 4 is 0 Å². The Labute approximate surface area is 115 Å². The van der Waals surface area contributed by atoms with E-state index in [1.165, 1.54) is 58.2 Å². The van der Waals surface area contributed by atoms with Gasteiger partial charge in [0, 0.05) is 12.1 Å². The van der Waals surface area contributed by atoms with E-state index in [0.29, 0.717) is 6.04 Å². The lowest BCUT2D eigenvalue weighted by Gasteiger charge is -2.23. The Kier molecular flexibility index (Phi) is 7.92. The van der Waals surface area contributed by atoms with Gasteiger partial charge in [0.15, 0.2) is 0 Å². The monoisotopic (exact) mass is 254 g/mol. The summed E-state index contributed by atoms with van der Waals surface area (Å²) in [5.74, 6) is 0.837. The molecule has 1 aliphatic rings. The largest absolute Gasteiger partial charge is 0.311 e. The van der Waals surface area contributed by atoms with E-state index in [0.717, 1.165) is 12.0 Å². The summed E-state index contributed by atoms with van der Waals surface area (Å²) >= 11 is 0. The first-order valence-corrected chi connectivity index (χ1v) is 8.10. The number of hydrogen-bond donors (Lipinski definition) is 1. The topological polar surface area (TPSA) is 15.3 Å². The van der Waals surface area contributed by atoms with E-state index in [-0.39, 0.29) is 0 Å². The Hall–Kier alpha value is -0.0800. The SMILES string of the molecule is CCCN1CCCC(NC(C)CCC(C)C)CC1. The molecule has 0 bridgehead atoms. The van der Waals surface area contributed by atoms with E-state index in [1.54, 1.807) is 0 Å². The predicted octanol–water partition coefficient (Wildman–Crippen LogP) is 3.67. The molecule has 0 spiro atoms. The van der Waals surface area contributed by atoms with Crippen LogP contribution in [-0.2, 0) is 0 Å². The minimum absolute atomic E-state index is 0.690. The zero-order valence-corrected chi connectivity index (χ0v) is 13.0. The van der Waals surface area contributed by atoms with Gasteiger partial charge in [-0.05, 0) is 71.0 Å². The Morgan fingerprint density at radius 3 is 2.56 bits per heavy atom. The van der Waals surface area contributed by atoms with Crippen molar-refractivity contribution in [3.05, 3.63) is 0 Å². The molecule has 0 saturated carbocycles. The summed E-state index contributed by atoms with van der Waals surface area (Å²) in [6.45, 7) is 13.2. The number of rotatable bonds is 7. The van der Waals surface area contributed by atoms with Crippen molar-refractivity contribution in [1.82, 2.24) is 10.2 Å². The number of hydrogen-bond acceptors (Lipinski definition) is 2. The van der Waals surface area contributed by atoms with Crippen molar-refractivity contribution < 1.29 is 0 Å². The molecule has 1 N–H and O–H groups in total. The zero-order chi connectivity index (χ0) is 13.4. The van der Waals surface area contributed by atoms with Crippen LogP contribution in [0.2, 0.25) is 0 Å². The Morgan fingerprint density at radius 2 is 1.89 bits per heavy atom. The zero-order valence-electron chi connectivity index (χ0n) is 13.0. The third-order valence-corrected chi connectivity index (χ3v) is 4.06. The summed E-state index contributed by atoms with van der Waals surface area (Å²) in [5, 5.41) is 3.85. The van der Waals surface area contributed by atoms with Crippen molar-refractivity contribution in [3.8, 4) is 0 Å². The van der Waals surface area contributed by atoms with Gasteiger partial charge < -0.3 is 10.2 Å². The highest BCUT2D eigenvalue weighted by molar-refractivity contribution is 4.77. The molecule has 1 aliphatic heterocycles. The van der Waals surface area contributed by atoms with Crippen LogP contribution in [0.25, 0.3) is 0 Å². The third kappa shape index (κ3) is 6.75. The van der Waals surface area contributed by atoms with Crippen LogP contribution in [0, 0.1) is 5.92 Å². The molecule has 108 valence electrons. The lowest BCUT2D eigenvalue weighted by atomic mass is 10.0. The highest BCUT2D eigenvalue weighted by atomic mass is 15.1. The number of nitrogens with one attached hydrogen (secondary N) is 1. The summed E-state index contributed by atoms with van der Waals surface area (Å²) in [6.07, 6.45) is 8.05. The molecule has 0 aromatic rings. The summed E-state index contributed by atoms with van der Waals surface area (Å²) in [7, 11) is 0. The van der Waals surface area contributed by atoms with Gasteiger partial charge in [-0.1, -0.05) is 20.8 Å². The first kappa shape index (κ1) is 16.0. The fourth-order valence-corrected chi connectivity index (χ4v) is 2.93. The molecule has 1 heterocycles. The molecule has 1 fully saturated rings. The summed E-state index contributed by atoms with van der Waals surface area (Å²) in [5.41, 5.74) is 0. The second-order valence-electron chi connectivity index (χ2n) is 6.51. The maximum absolute atomic E-state index is 3.85. The molecule has 2 atom stereocenters. The summed E-state index contributed by atoms with van der Waals surface area (Å²) in [4.78, 5) is 2.64. The van der Waals surface area contributed by atoms with Crippen LogP contribution >= 0.6 is 0 Å². The van der Waals surface area contributed by atoms with Crippen molar-refractivity contribution in [2.24, 2.45) is 5.92 Å². The van der Waals surface area contributed by atoms with Crippen LogP contribution in [0.1, 0.15) is 66.2 Å². The van der Waals surface area contributed by atoms with Gasteiger partial charge in [-0.3, -0.25) is 0 Å². The molecule has 0 radical (unpaired) electrons. The van der Waals surface area contributed by atoms with Gasteiger partial charge in [-0.15, -0.1) is 0 Å². The van der Waals surface area contributed by atoms with E-state index in [9.17, 15) is 0 Å². The minimum atomic E-state index is 0.690. The van der Waals surface area contributed by atoms with Gasteiger partial charge in [0.1, 0.15) is 0 Å². The van der Waals surface area contributed by atoms with Crippen molar-refractivity contribution in [3.63, 3.8) is 0 Å². The smallest absolute Gasteiger partial charge is 0.00821 e. The molecule has 2 unspecified atom stereocenters. The molecule has 1 rings (SSSR count). The van der Waals surface area contributed by atoms with Crippen molar-refractivity contribution in [2.75, 3.05) is 19.6 Å². The van der Waals surface area contributed by atoms with Crippen LogP contribution < -0.4 is 5.32 Å². The lowest BCUT2D eigenvalue weighted by molar-refractivity contribution is 0.280. The van der Waals surface area contributed by atoms with Gasteiger partial charge >= 0.3 is 0 Å². The van der Waals surface area contributed by atoms with E-state index in [1.807, 2.05) is 0 Å². The van der Waals surface area contributed by atoms with E-state index < -0.39 is 0 Å². The van der Waals surface area contributed by atoms with E-state index in [4.69, 9.17) is 0 Å². The molecule has 0 amide bonds.